The third-order valence-electron chi connectivity index (χ3n) is 2.66. The summed E-state index contributed by atoms with van der Waals surface area (Å²) in [7, 11) is 0. The first-order valence-corrected chi connectivity index (χ1v) is 4.67. The molecule has 0 heterocycles. The molecular formula is C10H9ClO3. The topological polar surface area (TPSA) is 57.5 Å². The number of phenols is 1. The van der Waals surface area contributed by atoms with Crippen LogP contribution in [0.1, 0.15) is 18.4 Å². The fourth-order valence-corrected chi connectivity index (χ4v) is 1.80. The molecule has 14 heavy (non-hydrogen) atoms. The molecule has 0 spiro atoms. The Morgan fingerprint density at radius 1 is 1.43 bits per heavy atom. The Kier molecular flexibility index (Phi) is 1.93. The Labute approximate surface area is 85.9 Å². The molecule has 2 rings (SSSR count). The molecule has 0 bridgehead atoms. The minimum Gasteiger partial charge on any atom is -0.506 e. The van der Waals surface area contributed by atoms with Gasteiger partial charge in [-0.15, -0.1) is 0 Å². The Hall–Kier alpha value is -1.22. The number of hydrogen-bond donors (Lipinski definition) is 2. The van der Waals surface area contributed by atoms with Gasteiger partial charge in [-0.3, -0.25) is 4.79 Å². The number of carbonyl (C=O) groups is 1. The van der Waals surface area contributed by atoms with Crippen molar-refractivity contribution in [1.29, 1.82) is 0 Å². The number of phenolic OH excluding ortho intramolecular Hbond substituents is 1. The van der Waals surface area contributed by atoms with Gasteiger partial charge in [0.1, 0.15) is 5.75 Å². The Bertz CT molecular complexity index is 396. The van der Waals surface area contributed by atoms with E-state index in [4.69, 9.17) is 16.7 Å². The van der Waals surface area contributed by atoms with Crippen molar-refractivity contribution in [3.05, 3.63) is 28.8 Å². The maximum absolute atomic E-state index is 11.0. The summed E-state index contributed by atoms with van der Waals surface area (Å²) < 4.78 is 0. The molecule has 0 unspecified atom stereocenters. The predicted molar refractivity (Wildman–Crippen MR) is 51.7 cm³/mol. The van der Waals surface area contributed by atoms with Crippen LogP contribution in [0.4, 0.5) is 0 Å². The van der Waals surface area contributed by atoms with Crippen molar-refractivity contribution >= 4 is 17.6 Å². The molecule has 0 saturated heterocycles. The van der Waals surface area contributed by atoms with Crippen LogP contribution < -0.4 is 0 Å². The highest BCUT2D eigenvalue weighted by Crippen LogP contribution is 2.52. The van der Waals surface area contributed by atoms with Crippen LogP contribution in [0.5, 0.6) is 5.75 Å². The van der Waals surface area contributed by atoms with Crippen LogP contribution in [-0.4, -0.2) is 16.2 Å². The second-order valence-electron chi connectivity index (χ2n) is 3.52. The van der Waals surface area contributed by atoms with Crippen LogP contribution in [0.15, 0.2) is 18.2 Å². The van der Waals surface area contributed by atoms with Gasteiger partial charge in [0.25, 0.3) is 0 Å². The van der Waals surface area contributed by atoms with E-state index in [-0.39, 0.29) is 10.8 Å². The number of hydrogen-bond acceptors (Lipinski definition) is 2. The van der Waals surface area contributed by atoms with Gasteiger partial charge in [-0.2, -0.15) is 0 Å². The van der Waals surface area contributed by atoms with Gasteiger partial charge < -0.3 is 10.2 Å². The van der Waals surface area contributed by atoms with E-state index in [1.54, 1.807) is 12.1 Å². The number of halogens is 1. The Morgan fingerprint density at radius 2 is 2.07 bits per heavy atom. The van der Waals surface area contributed by atoms with Gasteiger partial charge in [-0.05, 0) is 18.9 Å². The molecule has 1 aliphatic carbocycles. The lowest BCUT2D eigenvalue weighted by Crippen LogP contribution is -2.19. The first-order chi connectivity index (χ1) is 6.58. The van der Waals surface area contributed by atoms with Crippen LogP contribution in [0.3, 0.4) is 0 Å². The molecule has 4 heteroatoms. The maximum Gasteiger partial charge on any atom is 0.314 e. The van der Waals surface area contributed by atoms with Crippen molar-refractivity contribution in [2.24, 2.45) is 0 Å². The number of benzene rings is 1. The second-order valence-corrected chi connectivity index (χ2v) is 3.93. The van der Waals surface area contributed by atoms with Crippen LogP contribution in [-0.2, 0) is 10.2 Å². The first kappa shape index (κ1) is 9.34. The van der Waals surface area contributed by atoms with Gasteiger partial charge in [0, 0.05) is 5.56 Å². The normalized spacial score (nSPS) is 17.8. The van der Waals surface area contributed by atoms with E-state index in [0.29, 0.717) is 18.4 Å². The lowest BCUT2D eigenvalue weighted by molar-refractivity contribution is -0.140. The average Bonchev–Trinajstić information content (AvgIpc) is 2.90. The van der Waals surface area contributed by atoms with E-state index < -0.39 is 11.4 Å². The molecule has 0 amide bonds. The minimum atomic E-state index is -0.894. The van der Waals surface area contributed by atoms with Crippen molar-refractivity contribution in [1.82, 2.24) is 0 Å². The van der Waals surface area contributed by atoms with Crippen LogP contribution in [0.25, 0.3) is 0 Å². The lowest BCUT2D eigenvalue weighted by Gasteiger charge is -2.12. The standard InChI is InChI=1S/C10H9ClO3/c11-7-3-1-2-6(8(7)12)10(4-5-10)9(13)14/h1-3,12H,4-5H2,(H,13,14). The quantitative estimate of drug-likeness (QED) is 0.790. The van der Waals surface area contributed by atoms with E-state index in [9.17, 15) is 9.90 Å². The van der Waals surface area contributed by atoms with Crippen molar-refractivity contribution in [3.63, 3.8) is 0 Å². The monoisotopic (exact) mass is 212 g/mol. The molecule has 1 aromatic carbocycles. The lowest BCUT2D eigenvalue weighted by atomic mass is 9.95. The van der Waals surface area contributed by atoms with Crippen molar-refractivity contribution < 1.29 is 15.0 Å². The molecule has 0 atom stereocenters. The highest BCUT2D eigenvalue weighted by Gasteiger charge is 2.53. The minimum absolute atomic E-state index is 0.103. The summed E-state index contributed by atoms with van der Waals surface area (Å²) in [6.45, 7) is 0. The summed E-state index contributed by atoms with van der Waals surface area (Å²) in [5.41, 5.74) is -0.466. The zero-order chi connectivity index (χ0) is 10.3. The first-order valence-electron chi connectivity index (χ1n) is 4.29. The van der Waals surface area contributed by atoms with Crippen molar-refractivity contribution in [2.75, 3.05) is 0 Å². The van der Waals surface area contributed by atoms with Crippen molar-refractivity contribution in [2.45, 2.75) is 18.3 Å². The number of para-hydroxylation sites is 1. The summed E-state index contributed by atoms with van der Waals surface area (Å²) in [5, 5.41) is 18.8. The van der Waals surface area contributed by atoms with Gasteiger partial charge in [-0.1, -0.05) is 23.7 Å². The zero-order valence-electron chi connectivity index (χ0n) is 7.33. The van der Waals surface area contributed by atoms with E-state index in [0.717, 1.165) is 0 Å². The van der Waals surface area contributed by atoms with E-state index in [2.05, 4.69) is 0 Å². The number of carboxylic acid groups (broad SMARTS) is 1. The second kappa shape index (κ2) is 2.89. The summed E-state index contributed by atoms with van der Waals surface area (Å²) >= 11 is 5.71. The Morgan fingerprint density at radius 3 is 2.57 bits per heavy atom. The van der Waals surface area contributed by atoms with Gasteiger partial charge >= 0.3 is 5.97 Å². The third kappa shape index (κ3) is 1.16. The van der Waals surface area contributed by atoms with Crippen LogP contribution >= 0.6 is 11.6 Å². The van der Waals surface area contributed by atoms with Crippen LogP contribution in [0.2, 0.25) is 5.02 Å². The smallest absolute Gasteiger partial charge is 0.314 e. The highest BCUT2D eigenvalue weighted by atomic mass is 35.5. The number of carboxylic acids is 1. The van der Waals surface area contributed by atoms with Gasteiger partial charge in [-0.25, -0.2) is 0 Å². The number of aromatic hydroxyl groups is 1. The molecule has 0 aliphatic heterocycles. The summed E-state index contributed by atoms with van der Waals surface area (Å²) in [4.78, 5) is 11.0. The molecular weight excluding hydrogens is 204 g/mol. The summed E-state index contributed by atoms with van der Waals surface area (Å²) in [6.07, 6.45) is 1.13. The Balaban J connectivity index is 2.52. The molecule has 1 saturated carbocycles. The average molecular weight is 213 g/mol. The predicted octanol–water partition coefficient (Wildman–Crippen LogP) is 2.16. The zero-order valence-corrected chi connectivity index (χ0v) is 8.08. The molecule has 0 aromatic heterocycles. The van der Waals surface area contributed by atoms with Gasteiger partial charge in [0.15, 0.2) is 0 Å². The molecule has 3 nitrogen and oxygen atoms in total. The SMILES string of the molecule is O=C(O)C1(c2cccc(Cl)c2O)CC1. The number of aliphatic carboxylic acids is 1. The maximum atomic E-state index is 11.0. The number of rotatable bonds is 2. The fraction of sp³-hybridized carbons (Fsp3) is 0.300. The molecule has 0 radical (unpaired) electrons. The van der Waals surface area contributed by atoms with Gasteiger partial charge in [0.05, 0.1) is 10.4 Å². The molecule has 2 N–H and O–H groups in total. The highest BCUT2D eigenvalue weighted by molar-refractivity contribution is 6.32. The molecule has 1 aromatic rings. The molecule has 74 valence electrons. The fourth-order valence-electron chi connectivity index (χ4n) is 1.62. The van der Waals surface area contributed by atoms with E-state index in [1.165, 1.54) is 6.07 Å². The summed E-state index contributed by atoms with van der Waals surface area (Å²) in [5.74, 6) is -0.996. The van der Waals surface area contributed by atoms with Gasteiger partial charge in [0.2, 0.25) is 0 Å². The molecule has 1 aliphatic rings. The van der Waals surface area contributed by atoms with Crippen LogP contribution in [0, 0.1) is 0 Å². The summed E-state index contributed by atoms with van der Waals surface area (Å²) in [6, 6.07) is 4.81. The third-order valence-corrected chi connectivity index (χ3v) is 2.97. The van der Waals surface area contributed by atoms with E-state index >= 15 is 0 Å². The van der Waals surface area contributed by atoms with E-state index in [1.807, 2.05) is 0 Å². The van der Waals surface area contributed by atoms with Crippen molar-refractivity contribution in [3.8, 4) is 5.75 Å². The molecule has 1 fully saturated rings. The largest absolute Gasteiger partial charge is 0.506 e.